The van der Waals surface area contributed by atoms with Crippen molar-refractivity contribution in [3.05, 3.63) is 65.7 Å². The van der Waals surface area contributed by atoms with Crippen LogP contribution < -0.4 is 5.32 Å². The summed E-state index contributed by atoms with van der Waals surface area (Å²) in [6.07, 6.45) is 3.63. The van der Waals surface area contributed by atoms with Crippen molar-refractivity contribution in [2.24, 2.45) is 0 Å². The molecule has 1 aromatic heterocycles. The monoisotopic (exact) mass is 467 g/mol. The quantitative estimate of drug-likeness (QED) is 0.459. The second kappa shape index (κ2) is 10.9. The van der Waals surface area contributed by atoms with Crippen LogP contribution in [-0.4, -0.2) is 44.4 Å². The predicted molar refractivity (Wildman–Crippen MR) is 130 cm³/mol. The third-order valence-corrected chi connectivity index (χ3v) is 6.72. The lowest BCUT2D eigenvalue weighted by atomic mass is 10.0. The van der Waals surface area contributed by atoms with Crippen LogP contribution in [0.25, 0.3) is 5.69 Å². The molecule has 174 valence electrons. The van der Waals surface area contributed by atoms with Gasteiger partial charge >= 0.3 is 0 Å². The molecular formula is C25H30FN5OS. The van der Waals surface area contributed by atoms with Crippen LogP contribution in [0.5, 0.6) is 0 Å². The van der Waals surface area contributed by atoms with Crippen LogP contribution in [0.2, 0.25) is 0 Å². The van der Waals surface area contributed by atoms with E-state index < -0.39 is 0 Å². The molecule has 1 amide bonds. The van der Waals surface area contributed by atoms with Crippen LogP contribution in [0.4, 0.5) is 10.1 Å². The molecule has 2 heterocycles. The minimum Gasteiger partial charge on any atom is -0.325 e. The first kappa shape index (κ1) is 23.4. The molecule has 4 rings (SSSR count). The third kappa shape index (κ3) is 6.00. The van der Waals surface area contributed by atoms with E-state index in [1.807, 2.05) is 28.8 Å². The van der Waals surface area contributed by atoms with Gasteiger partial charge in [0.05, 0.1) is 12.3 Å². The predicted octanol–water partition coefficient (Wildman–Crippen LogP) is 5.25. The summed E-state index contributed by atoms with van der Waals surface area (Å²) >= 11 is 1.34. The van der Waals surface area contributed by atoms with Crippen LogP contribution in [0.15, 0.2) is 53.7 Å². The number of hydrogen-bond donors (Lipinski definition) is 1. The fourth-order valence-corrected chi connectivity index (χ4v) is 4.86. The Balaban J connectivity index is 1.51. The molecular weight excluding hydrogens is 437 g/mol. The zero-order chi connectivity index (χ0) is 23.2. The second-order valence-electron chi connectivity index (χ2n) is 8.63. The van der Waals surface area contributed by atoms with Crippen molar-refractivity contribution in [3.63, 3.8) is 0 Å². The van der Waals surface area contributed by atoms with E-state index in [1.54, 1.807) is 12.1 Å². The highest BCUT2D eigenvalue weighted by Crippen LogP contribution is 2.26. The number of rotatable bonds is 8. The molecule has 8 heteroatoms. The van der Waals surface area contributed by atoms with Gasteiger partial charge in [0.1, 0.15) is 5.82 Å². The molecule has 0 saturated carbocycles. The van der Waals surface area contributed by atoms with E-state index in [0.717, 1.165) is 35.9 Å². The lowest BCUT2D eigenvalue weighted by Crippen LogP contribution is -2.30. The Hall–Kier alpha value is -2.71. The molecule has 1 fully saturated rings. The Bertz CT molecular complexity index is 1080. The number of hydrogen-bond acceptors (Lipinski definition) is 5. The summed E-state index contributed by atoms with van der Waals surface area (Å²) in [5, 5.41) is 12.5. The van der Waals surface area contributed by atoms with Gasteiger partial charge in [0.25, 0.3) is 0 Å². The SMILES string of the molecule is CC(C)c1ccccc1NC(=O)CSc1nnc(CN2CCCCC2)n1-c1ccc(F)cc1. The maximum Gasteiger partial charge on any atom is 0.234 e. The molecule has 33 heavy (non-hydrogen) atoms. The number of nitrogens with one attached hydrogen (secondary N) is 1. The van der Waals surface area contributed by atoms with Gasteiger partial charge in [0.2, 0.25) is 5.91 Å². The van der Waals surface area contributed by atoms with Gasteiger partial charge in [-0.3, -0.25) is 14.3 Å². The third-order valence-electron chi connectivity index (χ3n) is 5.79. The fourth-order valence-electron chi connectivity index (χ4n) is 4.09. The molecule has 1 saturated heterocycles. The van der Waals surface area contributed by atoms with Crippen molar-refractivity contribution < 1.29 is 9.18 Å². The van der Waals surface area contributed by atoms with Gasteiger partial charge in [-0.1, -0.05) is 50.2 Å². The first-order valence-electron chi connectivity index (χ1n) is 11.5. The summed E-state index contributed by atoms with van der Waals surface area (Å²) in [6.45, 7) is 6.97. The molecule has 2 aromatic carbocycles. The van der Waals surface area contributed by atoms with Crippen molar-refractivity contribution >= 4 is 23.4 Å². The van der Waals surface area contributed by atoms with Gasteiger partial charge in [0, 0.05) is 11.4 Å². The van der Waals surface area contributed by atoms with E-state index in [1.165, 1.54) is 43.2 Å². The number of thioether (sulfide) groups is 1. The number of para-hydroxylation sites is 1. The van der Waals surface area contributed by atoms with E-state index in [4.69, 9.17) is 0 Å². The molecule has 0 atom stereocenters. The Morgan fingerprint density at radius 2 is 1.79 bits per heavy atom. The van der Waals surface area contributed by atoms with Crippen molar-refractivity contribution in [2.45, 2.75) is 50.7 Å². The van der Waals surface area contributed by atoms with Gasteiger partial charge < -0.3 is 5.32 Å². The van der Waals surface area contributed by atoms with Gasteiger partial charge in [-0.15, -0.1) is 10.2 Å². The maximum atomic E-state index is 13.5. The zero-order valence-electron chi connectivity index (χ0n) is 19.1. The van der Waals surface area contributed by atoms with Crippen LogP contribution in [-0.2, 0) is 11.3 Å². The zero-order valence-corrected chi connectivity index (χ0v) is 19.9. The minimum absolute atomic E-state index is 0.0978. The topological polar surface area (TPSA) is 63.1 Å². The number of nitrogens with zero attached hydrogens (tertiary/aromatic N) is 4. The summed E-state index contributed by atoms with van der Waals surface area (Å²) in [5.41, 5.74) is 2.74. The van der Waals surface area contributed by atoms with Crippen LogP contribution in [0.3, 0.4) is 0 Å². The summed E-state index contributed by atoms with van der Waals surface area (Å²) in [5.74, 6) is 0.931. The number of likely N-dealkylation sites (tertiary alicyclic amines) is 1. The highest BCUT2D eigenvalue weighted by Gasteiger charge is 2.20. The van der Waals surface area contributed by atoms with Gasteiger partial charge in [-0.25, -0.2) is 4.39 Å². The number of carbonyl (C=O) groups excluding carboxylic acids is 1. The number of benzene rings is 2. The number of aromatic nitrogens is 3. The van der Waals surface area contributed by atoms with Crippen LogP contribution >= 0.6 is 11.8 Å². The fraction of sp³-hybridized carbons (Fsp3) is 0.400. The summed E-state index contributed by atoms with van der Waals surface area (Å²) in [7, 11) is 0. The van der Waals surface area contributed by atoms with Gasteiger partial charge in [-0.2, -0.15) is 0 Å². The first-order chi connectivity index (χ1) is 16.0. The molecule has 1 N–H and O–H groups in total. The molecule has 1 aliphatic rings. The number of piperidine rings is 1. The Labute approximate surface area is 198 Å². The van der Waals surface area contributed by atoms with Crippen molar-refractivity contribution in [1.29, 1.82) is 0 Å². The molecule has 0 bridgehead atoms. The van der Waals surface area contributed by atoms with Gasteiger partial charge in [0.15, 0.2) is 11.0 Å². The normalized spacial score (nSPS) is 14.5. The molecule has 3 aromatic rings. The number of carbonyl (C=O) groups is 1. The minimum atomic E-state index is -0.290. The lowest BCUT2D eigenvalue weighted by molar-refractivity contribution is -0.113. The highest BCUT2D eigenvalue weighted by molar-refractivity contribution is 7.99. The van der Waals surface area contributed by atoms with Crippen molar-refractivity contribution in [1.82, 2.24) is 19.7 Å². The molecule has 0 unspecified atom stereocenters. The average Bonchev–Trinajstić information content (AvgIpc) is 3.21. The number of halogens is 1. The molecule has 0 aliphatic carbocycles. The van der Waals surface area contributed by atoms with Crippen molar-refractivity contribution in [3.8, 4) is 5.69 Å². The van der Waals surface area contributed by atoms with Gasteiger partial charge in [-0.05, 0) is 67.7 Å². The van der Waals surface area contributed by atoms with Crippen LogP contribution in [0.1, 0.15) is 50.4 Å². The first-order valence-corrected chi connectivity index (χ1v) is 12.4. The Kier molecular flexibility index (Phi) is 7.77. The van der Waals surface area contributed by atoms with Crippen LogP contribution in [0, 0.1) is 5.82 Å². The highest BCUT2D eigenvalue weighted by atomic mass is 32.2. The van der Waals surface area contributed by atoms with Crippen molar-refractivity contribution in [2.75, 3.05) is 24.2 Å². The molecule has 6 nitrogen and oxygen atoms in total. The average molecular weight is 468 g/mol. The van der Waals surface area contributed by atoms with E-state index in [2.05, 4.69) is 34.3 Å². The van der Waals surface area contributed by atoms with E-state index in [9.17, 15) is 9.18 Å². The standard InChI is InChI=1S/C25H30FN5OS/c1-18(2)21-8-4-5-9-22(21)27-24(32)17-33-25-29-28-23(16-30-14-6-3-7-15-30)31(25)20-12-10-19(26)11-13-20/h4-5,8-13,18H,3,6-7,14-17H2,1-2H3,(H,27,32). The maximum absolute atomic E-state index is 13.5. The lowest BCUT2D eigenvalue weighted by Gasteiger charge is -2.26. The largest absolute Gasteiger partial charge is 0.325 e. The second-order valence-corrected chi connectivity index (χ2v) is 9.57. The molecule has 0 radical (unpaired) electrons. The van der Waals surface area contributed by atoms with E-state index in [0.29, 0.717) is 17.6 Å². The Morgan fingerprint density at radius 3 is 2.52 bits per heavy atom. The summed E-state index contributed by atoms with van der Waals surface area (Å²) in [4.78, 5) is 15.1. The van der Waals surface area contributed by atoms with E-state index >= 15 is 0 Å². The summed E-state index contributed by atoms with van der Waals surface area (Å²) in [6, 6.07) is 14.2. The van der Waals surface area contributed by atoms with E-state index in [-0.39, 0.29) is 17.5 Å². The molecule has 1 aliphatic heterocycles. The summed E-state index contributed by atoms with van der Waals surface area (Å²) < 4.78 is 15.5. The number of amides is 1. The Morgan fingerprint density at radius 1 is 1.06 bits per heavy atom. The smallest absolute Gasteiger partial charge is 0.234 e. The number of anilines is 1. The molecule has 0 spiro atoms.